The highest BCUT2D eigenvalue weighted by atomic mass is 19.1. The molecule has 0 spiro atoms. The van der Waals surface area contributed by atoms with E-state index in [0.717, 1.165) is 12.8 Å². The maximum atomic E-state index is 15.0. The molecule has 0 aliphatic heterocycles. The van der Waals surface area contributed by atoms with Gasteiger partial charge in [0.15, 0.2) is 5.82 Å². The molecule has 1 amide bonds. The summed E-state index contributed by atoms with van der Waals surface area (Å²) >= 11 is 0. The Hall–Kier alpha value is -2.69. The molecule has 1 aliphatic rings. The van der Waals surface area contributed by atoms with Gasteiger partial charge in [0, 0.05) is 11.6 Å². The van der Waals surface area contributed by atoms with Gasteiger partial charge in [0.1, 0.15) is 0 Å². The maximum absolute atomic E-state index is 15.0. The van der Waals surface area contributed by atoms with E-state index in [1.54, 1.807) is 30.3 Å². The van der Waals surface area contributed by atoms with E-state index in [0.29, 0.717) is 11.5 Å². The Balaban J connectivity index is 2.06. The Morgan fingerprint density at radius 1 is 1.12 bits per heavy atom. The zero-order chi connectivity index (χ0) is 18.0. The fraction of sp³-hybridized carbons (Fsp3) is 0.300. The standard InChI is InChI=1S/C20H20FNO3/c1-13(14-11-12-14)22(19(23)15-7-4-3-5-8-15)17-10-6-9-16(18(17)21)20(24)25-2/h3-10,13-14H,11-12H2,1-2H3. The predicted octanol–water partition coefficient (Wildman–Crippen LogP) is 4.06. The molecule has 130 valence electrons. The fourth-order valence-corrected chi connectivity index (χ4v) is 3.00. The molecule has 3 rings (SSSR count). The second kappa shape index (κ2) is 7.05. The molecule has 4 nitrogen and oxygen atoms in total. The number of nitrogens with zero attached hydrogens (tertiary/aromatic N) is 1. The van der Waals surface area contributed by atoms with Crippen molar-refractivity contribution in [1.82, 2.24) is 0 Å². The van der Waals surface area contributed by atoms with E-state index in [9.17, 15) is 14.0 Å². The molecule has 0 heterocycles. The summed E-state index contributed by atoms with van der Waals surface area (Å²) in [7, 11) is 1.20. The first-order valence-corrected chi connectivity index (χ1v) is 8.30. The van der Waals surface area contributed by atoms with Crippen molar-refractivity contribution in [3.63, 3.8) is 0 Å². The molecule has 0 saturated heterocycles. The Bertz CT molecular complexity index is 787. The van der Waals surface area contributed by atoms with Gasteiger partial charge in [0.05, 0.1) is 18.4 Å². The van der Waals surface area contributed by atoms with E-state index in [1.165, 1.54) is 24.1 Å². The fourth-order valence-electron chi connectivity index (χ4n) is 3.00. The zero-order valence-electron chi connectivity index (χ0n) is 14.2. The maximum Gasteiger partial charge on any atom is 0.340 e. The van der Waals surface area contributed by atoms with E-state index in [1.807, 2.05) is 13.0 Å². The first-order valence-electron chi connectivity index (χ1n) is 8.30. The van der Waals surface area contributed by atoms with Crippen molar-refractivity contribution < 1.29 is 18.7 Å². The first-order chi connectivity index (χ1) is 12.0. The summed E-state index contributed by atoms with van der Waals surface area (Å²) in [6.45, 7) is 1.92. The topological polar surface area (TPSA) is 46.6 Å². The van der Waals surface area contributed by atoms with Gasteiger partial charge in [0.2, 0.25) is 0 Å². The lowest BCUT2D eigenvalue weighted by Crippen LogP contribution is -2.41. The summed E-state index contributed by atoms with van der Waals surface area (Å²) in [6.07, 6.45) is 2.02. The molecule has 1 unspecified atom stereocenters. The van der Waals surface area contributed by atoms with Crippen LogP contribution in [0.4, 0.5) is 10.1 Å². The van der Waals surface area contributed by atoms with Gasteiger partial charge >= 0.3 is 5.97 Å². The summed E-state index contributed by atoms with van der Waals surface area (Å²) in [6, 6.07) is 13.1. The van der Waals surface area contributed by atoms with Crippen molar-refractivity contribution in [3.8, 4) is 0 Å². The number of anilines is 1. The number of rotatable bonds is 5. The van der Waals surface area contributed by atoms with Crippen LogP contribution in [-0.4, -0.2) is 25.0 Å². The second-order valence-electron chi connectivity index (χ2n) is 6.25. The number of methoxy groups -OCH3 is 1. The van der Waals surface area contributed by atoms with E-state index in [2.05, 4.69) is 4.74 Å². The summed E-state index contributed by atoms with van der Waals surface area (Å²) < 4.78 is 19.6. The predicted molar refractivity (Wildman–Crippen MR) is 93.2 cm³/mol. The Morgan fingerprint density at radius 2 is 1.80 bits per heavy atom. The lowest BCUT2D eigenvalue weighted by Gasteiger charge is -2.30. The molecule has 0 N–H and O–H groups in total. The van der Waals surface area contributed by atoms with Crippen LogP contribution in [0.15, 0.2) is 48.5 Å². The lowest BCUT2D eigenvalue weighted by molar-refractivity contribution is 0.0595. The number of amides is 1. The number of hydrogen-bond acceptors (Lipinski definition) is 3. The number of benzene rings is 2. The molecular weight excluding hydrogens is 321 g/mol. The van der Waals surface area contributed by atoms with Crippen LogP contribution in [0.2, 0.25) is 0 Å². The highest BCUT2D eigenvalue weighted by molar-refractivity contribution is 6.07. The van der Waals surface area contributed by atoms with Crippen molar-refractivity contribution >= 4 is 17.6 Å². The van der Waals surface area contributed by atoms with Crippen LogP contribution in [-0.2, 0) is 4.74 Å². The molecule has 2 aromatic carbocycles. The SMILES string of the molecule is COC(=O)c1cccc(N(C(=O)c2ccccc2)C(C)C2CC2)c1F. The molecular formula is C20H20FNO3. The Morgan fingerprint density at radius 3 is 2.40 bits per heavy atom. The van der Waals surface area contributed by atoms with E-state index < -0.39 is 11.8 Å². The van der Waals surface area contributed by atoms with E-state index >= 15 is 0 Å². The van der Waals surface area contributed by atoms with Gasteiger partial charge in [-0.15, -0.1) is 0 Å². The monoisotopic (exact) mass is 341 g/mol. The van der Waals surface area contributed by atoms with E-state index in [-0.39, 0.29) is 23.2 Å². The van der Waals surface area contributed by atoms with Crippen molar-refractivity contribution in [2.75, 3.05) is 12.0 Å². The molecule has 0 aromatic heterocycles. The molecule has 1 aliphatic carbocycles. The molecule has 0 radical (unpaired) electrons. The van der Waals surface area contributed by atoms with Crippen LogP contribution >= 0.6 is 0 Å². The van der Waals surface area contributed by atoms with Crippen LogP contribution in [0.1, 0.15) is 40.5 Å². The Labute approximate surface area is 146 Å². The number of halogens is 1. The van der Waals surface area contributed by atoms with Crippen molar-refractivity contribution in [3.05, 3.63) is 65.5 Å². The average molecular weight is 341 g/mol. The lowest BCUT2D eigenvalue weighted by atomic mass is 10.1. The van der Waals surface area contributed by atoms with Gasteiger partial charge in [-0.25, -0.2) is 9.18 Å². The summed E-state index contributed by atoms with van der Waals surface area (Å²) in [5.74, 6) is -1.42. The van der Waals surface area contributed by atoms with Gasteiger partial charge in [-0.05, 0) is 49.9 Å². The average Bonchev–Trinajstić information content (AvgIpc) is 3.48. The molecule has 1 saturated carbocycles. The minimum absolute atomic E-state index is 0.108. The van der Waals surface area contributed by atoms with Crippen LogP contribution in [0.3, 0.4) is 0 Å². The van der Waals surface area contributed by atoms with Gasteiger partial charge in [-0.2, -0.15) is 0 Å². The molecule has 1 atom stereocenters. The zero-order valence-corrected chi connectivity index (χ0v) is 14.2. The van der Waals surface area contributed by atoms with Crippen molar-refractivity contribution in [2.45, 2.75) is 25.8 Å². The molecule has 0 bridgehead atoms. The van der Waals surface area contributed by atoms with Crippen molar-refractivity contribution in [2.24, 2.45) is 5.92 Å². The third kappa shape index (κ3) is 3.40. The molecule has 5 heteroatoms. The van der Waals surface area contributed by atoms with Crippen LogP contribution in [0.5, 0.6) is 0 Å². The third-order valence-corrected chi connectivity index (χ3v) is 4.59. The Kier molecular flexibility index (Phi) is 4.83. The van der Waals surface area contributed by atoms with Crippen LogP contribution in [0.25, 0.3) is 0 Å². The minimum Gasteiger partial charge on any atom is -0.465 e. The third-order valence-electron chi connectivity index (χ3n) is 4.59. The number of carbonyl (C=O) groups excluding carboxylic acids is 2. The number of hydrogen-bond donors (Lipinski definition) is 0. The highest BCUT2D eigenvalue weighted by Gasteiger charge is 2.37. The van der Waals surface area contributed by atoms with Crippen LogP contribution < -0.4 is 4.90 Å². The smallest absolute Gasteiger partial charge is 0.340 e. The first kappa shape index (κ1) is 17.1. The highest BCUT2D eigenvalue weighted by Crippen LogP contribution is 2.38. The molecule has 1 fully saturated rings. The number of ether oxygens (including phenoxy) is 1. The number of carbonyl (C=O) groups is 2. The van der Waals surface area contributed by atoms with E-state index in [4.69, 9.17) is 0 Å². The molecule has 2 aromatic rings. The summed E-state index contributed by atoms with van der Waals surface area (Å²) in [5, 5.41) is 0. The van der Waals surface area contributed by atoms with Gasteiger partial charge < -0.3 is 9.64 Å². The van der Waals surface area contributed by atoms with Crippen molar-refractivity contribution in [1.29, 1.82) is 0 Å². The molecule has 25 heavy (non-hydrogen) atoms. The normalized spacial score (nSPS) is 14.7. The number of esters is 1. The largest absolute Gasteiger partial charge is 0.465 e. The van der Waals surface area contributed by atoms with Gasteiger partial charge in [-0.1, -0.05) is 24.3 Å². The van der Waals surface area contributed by atoms with Gasteiger partial charge in [0.25, 0.3) is 5.91 Å². The summed E-state index contributed by atoms with van der Waals surface area (Å²) in [4.78, 5) is 26.3. The van der Waals surface area contributed by atoms with Crippen LogP contribution in [0, 0.1) is 11.7 Å². The quantitative estimate of drug-likeness (QED) is 0.771. The van der Waals surface area contributed by atoms with Gasteiger partial charge in [-0.3, -0.25) is 4.79 Å². The summed E-state index contributed by atoms with van der Waals surface area (Å²) in [5.41, 5.74) is 0.419. The second-order valence-corrected chi connectivity index (χ2v) is 6.25. The minimum atomic E-state index is -0.759.